The molecule has 1 aromatic heterocycles. The number of rotatable bonds is 1. The maximum Gasteiger partial charge on any atom is 0.340 e. The van der Waals surface area contributed by atoms with Crippen LogP contribution in [0.2, 0.25) is 10.0 Å². The predicted molar refractivity (Wildman–Crippen MR) is 60.4 cm³/mol. The largest absolute Gasteiger partial charge is 0.505 e. The fraction of sp³-hybridized carbons (Fsp3) is 0. The van der Waals surface area contributed by atoms with Gasteiger partial charge in [0.05, 0.1) is 16.7 Å². The summed E-state index contributed by atoms with van der Waals surface area (Å²) in [7, 11) is 0. The van der Waals surface area contributed by atoms with Crippen LogP contribution in [0.25, 0.3) is 10.9 Å². The molecule has 0 amide bonds. The summed E-state index contributed by atoms with van der Waals surface area (Å²) < 4.78 is 0. The normalized spacial score (nSPS) is 10.6. The van der Waals surface area contributed by atoms with Gasteiger partial charge in [0, 0.05) is 10.4 Å². The molecule has 0 aliphatic carbocycles. The minimum absolute atomic E-state index is 0.213. The van der Waals surface area contributed by atoms with Gasteiger partial charge in [0.25, 0.3) is 0 Å². The van der Waals surface area contributed by atoms with Crippen LogP contribution < -0.4 is 0 Å². The first-order chi connectivity index (χ1) is 7.50. The number of benzene rings is 1. The minimum atomic E-state index is -1.26. The second-order valence-electron chi connectivity index (χ2n) is 3.11. The first-order valence-electron chi connectivity index (χ1n) is 4.20. The van der Waals surface area contributed by atoms with Gasteiger partial charge in [0.2, 0.25) is 0 Å². The molecular formula is C10H5Cl2NO3. The van der Waals surface area contributed by atoms with E-state index in [9.17, 15) is 9.90 Å². The Morgan fingerprint density at radius 1 is 1.31 bits per heavy atom. The van der Waals surface area contributed by atoms with E-state index in [1.165, 1.54) is 12.1 Å². The summed E-state index contributed by atoms with van der Waals surface area (Å²) in [6, 6.07) is 2.86. The Hall–Kier alpha value is -1.52. The van der Waals surface area contributed by atoms with Crippen molar-refractivity contribution < 1.29 is 15.0 Å². The van der Waals surface area contributed by atoms with Gasteiger partial charge in [-0.25, -0.2) is 4.79 Å². The van der Waals surface area contributed by atoms with Gasteiger partial charge in [-0.3, -0.25) is 4.98 Å². The quantitative estimate of drug-likeness (QED) is 0.824. The smallest absolute Gasteiger partial charge is 0.340 e. The third-order valence-electron chi connectivity index (χ3n) is 2.08. The monoisotopic (exact) mass is 257 g/mol. The van der Waals surface area contributed by atoms with Gasteiger partial charge in [-0.1, -0.05) is 23.2 Å². The van der Waals surface area contributed by atoms with Gasteiger partial charge < -0.3 is 10.2 Å². The Morgan fingerprint density at radius 2 is 2.00 bits per heavy atom. The Labute approximate surface area is 100 Å². The Bertz CT molecular complexity index is 598. The Morgan fingerprint density at radius 3 is 2.62 bits per heavy atom. The van der Waals surface area contributed by atoms with Crippen molar-refractivity contribution in [2.75, 3.05) is 0 Å². The van der Waals surface area contributed by atoms with E-state index in [0.29, 0.717) is 5.52 Å². The van der Waals surface area contributed by atoms with E-state index in [4.69, 9.17) is 28.3 Å². The average Bonchev–Trinajstić information content (AvgIpc) is 2.15. The first kappa shape index (κ1) is 11.0. The molecule has 0 saturated carbocycles. The van der Waals surface area contributed by atoms with Crippen molar-refractivity contribution in [2.45, 2.75) is 0 Å². The van der Waals surface area contributed by atoms with Crippen LogP contribution in [-0.4, -0.2) is 21.2 Å². The molecule has 1 heterocycles. The number of halogens is 2. The molecule has 16 heavy (non-hydrogen) atoms. The molecule has 0 spiro atoms. The molecule has 0 bridgehead atoms. The van der Waals surface area contributed by atoms with Crippen LogP contribution in [-0.2, 0) is 0 Å². The third-order valence-corrected chi connectivity index (χ3v) is 2.59. The molecule has 1 aromatic carbocycles. The lowest BCUT2D eigenvalue weighted by molar-refractivity contribution is 0.0696. The lowest BCUT2D eigenvalue weighted by Crippen LogP contribution is -1.99. The second kappa shape index (κ2) is 3.81. The maximum absolute atomic E-state index is 11.0. The van der Waals surface area contributed by atoms with Crippen LogP contribution in [0.1, 0.15) is 10.4 Å². The van der Waals surface area contributed by atoms with Crippen LogP contribution in [0.3, 0.4) is 0 Å². The lowest BCUT2D eigenvalue weighted by atomic mass is 10.1. The summed E-state index contributed by atoms with van der Waals surface area (Å²) in [6.45, 7) is 0. The first-order valence-corrected chi connectivity index (χ1v) is 4.96. The van der Waals surface area contributed by atoms with Crippen molar-refractivity contribution in [1.82, 2.24) is 4.98 Å². The average molecular weight is 258 g/mol. The number of hydrogen-bond acceptors (Lipinski definition) is 3. The molecular weight excluding hydrogens is 253 g/mol. The number of aromatic hydroxyl groups is 1. The van der Waals surface area contributed by atoms with Crippen molar-refractivity contribution in [3.05, 3.63) is 33.9 Å². The molecule has 6 heteroatoms. The molecule has 0 aliphatic heterocycles. The highest BCUT2D eigenvalue weighted by Gasteiger charge is 2.17. The topological polar surface area (TPSA) is 70.4 Å². The number of aromatic nitrogens is 1. The van der Waals surface area contributed by atoms with Gasteiger partial charge in [0.15, 0.2) is 0 Å². The Balaban J connectivity index is 2.97. The summed E-state index contributed by atoms with van der Waals surface area (Å²) >= 11 is 11.6. The van der Waals surface area contributed by atoms with Gasteiger partial charge in [-0.15, -0.1) is 0 Å². The SMILES string of the molecule is O=C(O)c1c(O)cnc2c(Cl)cc(Cl)cc12. The van der Waals surface area contributed by atoms with Crippen molar-refractivity contribution in [3.8, 4) is 5.75 Å². The van der Waals surface area contributed by atoms with E-state index in [2.05, 4.69) is 4.98 Å². The van der Waals surface area contributed by atoms with E-state index in [0.717, 1.165) is 6.20 Å². The van der Waals surface area contributed by atoms with Crippen molar-refractivity contribution in [2.24, 2.45) is 0 Å². The summed E-state index contributed by atoms with van der Waals surface area (Å²) in [6.07, 6.45) is 1.05. The summed E-state index contributed by atoms with van der Waals surface area (Å²) in [5, 5.41) is 19.1. The zero-order valence-electron chi connectivity index (χ0n) is 7.74. The zero-order chi connectivity index (χ0) is 11.9. The standard InChI is InChI=1S/C10H5Cl2NO3/c11-4-1-5-8(10(15)16)7(14)3-13-9(5)6(12)2-4/h1-3,14H,(H,15,16). The van der Waals surface area contributed by atoms with E-state index >= 15 is 0 Å². The molecule has 2 aromatic rings. The maximum atomic E-state index is 11.0. The number of aromatic carboxylic acids is 1. The molecule has 0 atom stereocenters. The van der Waals surface area contributed by atoms with Crippen molar-refractivity contribution >= 4 is 40.1 Å². The fourth-order valence-corrected chi connectivity index (χ4v) is 1.98. The van der Waals surface area contributed by atoms with E-state index in [1.807, 2.05) is 0 Å². The molecule has 2 N–H and O–H groups in total. The molecule has 4 nitrogen and oxygen atoms in total. The molecule has 0 aliphatic rings. The highest BCUT2D eigenvalue weighted by molar-refractivity contribution is 6.38. The highest BCUT2D eigenvalue weighted by atomic mass is 35.5. The minimum Gasteiger partial charge on any atom is -0.505 e. The van der Waals surface area contributed by atoms with Crippen LogP contribution in [0, 0.1) is 0 Å². The summed E-state index contributed by atoms with van der Waals surface area (Å²) in [4.78, 5) is 14.8. The van der Waals surface area contributed by atoms with Gasteiger partial charge in [-0.05, 0) is 12.1 Å². The highest BCUT2D eigenvalue weighted by Crippen LogP contribution is 2.32. The summed E-state index contributed by atoms with van der Waals surface area (Å²) in [5.41, 5.74) is 0.0377. The number of pyridine rings is 1. The third kappa shape index (κ3) is 1.66. The number of carbonyl (C=O) groups is 1. The number of carboxylic acid groups (broad SMARTS) is 1. The van der Waals surface area contributed by atoms with Crippen molar-refractivity contribution in [3.63, 3.8) is 0 Å². The van der Waals surface area contributed by atoms with Crippen LogP contribution >= 0.6 is 23.2 Å². The molecule has 0 saturated heterocycles. The molecule has 0 radical (unpaired) electrons. The van der Waals surface area contributed by atoms with Crippen LogP contribution in [0.5, 0.6) is 5.75 Å². The molecule has 2 rings (SSSR count). The van der Waals surface area contributed by atoms with E-state index in [1.54, 1.807) is 0 Å². The predicted octanol–water partition coefficient (Wildman–Crippen LogP) is 2.95. The van der Waals surface area contributed by atoms with Gasteiger partial charge >= 0.3 is 5.97 Å². The Kier molecular flexibility index (Phi) is 2.61. The fourth-order valence-electron chi connectivity index (χ4n) is 1.44. The molecule has 82 valence electrons. The second-order valence-corrected chi connectivity index (χ2v) is 3.95. The number of fused-ring (bicyclic) bond motifs is 1. The number of hydrogen-bond donors (Lipinski definition) is 2. The lowest BCUT2D eigenvalue weighted by Gasteiger charge is -2.06. The van der Waals surface area contributed by atoms with Gasteiger partial charge in [0.1, 0.15) is 11.3 Å². The van der Waals surface area contributed by atoms with E-state index < -0.39 is 11.7 Å². The van der Waals surface area contributed by atoms with Crippen molar-refractivity contribution in [1.29, 1.82) is 0 Å². The molecule has 0 unspecified atom stereocenters. The van der Waals surface area contributed by atoms with Gasteiger partial charge in [-0.2, -0.15) is 0 Å². The number of carboxylic acids is 1. The number of nitrogens with zero attached hydrogens (tertiary/aromatic N) is 1. The summed E-state index contributed by atoms with van der Waals surface area (Å²) in [5.74, 6) is -1.68. The molecule has 0 fully saturated rings. The van der Waals surface area contributed by atoms with Crippen LogP contribution in [0.4, 0.5) is 0 Å². The van der Waals surface area contributed by atoms with E-state index in [-0.39, 0.29) is 21.0 Å². The zero-order valence-corrected chi connectivity index (χ0v) is 9.25. The van der Waals surface area contributed by atoms with Crippen LogP contribution in [0.15, 0.2) is 18.3 Å².